The van der Waals surface area contributed by atoms with Gasteiger partial charge < -0.3 is 10.6 Å². The van der Waals surface area contributed by atoms with Crippen LogP contribution in [-0.4, -0.2) is 6.17 Å². The predicted octanol–water partition coefficient (Wildman–Crippen LogP) is 5.91. The lowest BCUT2D eigenvalue weighted by molar-refractivity contribution is 0.395. The average molecular weight is 322 g/mol. The van der Waals surface area contributed by atoms with Crippen molar-refractivity contribution in [2.75, 3.05) is 10.6 Å². The highest BCUT2D eigenvalue weighted by molar-refractivity contribution is 5.61. The summed E-state index contributed by atoms with van der Waals surface area (Å²) < 4.78 is 0. The van der Waals surface area contributed by atoms with Gasteiger partial charge >= 0.3 is 0 Å². The summed E-state index contributed by atoms with van der Waals surface area (Å²) in [7, 11) is 0. The minimum Gasteiger partial charge on any atom is -0.365 e. The first kappa shape index (κ1) is 16.9. The molecule has 0 aromatic heterocycles. The van der Waals surface area contributed by atoms with Crippen LogP contribution in [-0.2, 0) is 0 Å². The maximum Gasteiger partial charge on any atom is 0.0996 e. The lowest BCUT2D eigenvalue weighted by Gasteiger charge is -2.40. The van der Waals surface area contributed by atoms with Crippen LogP contribution < -0.4 is 10.6 Å². The molecule has 3 atom stereocenters. The Labute approximate surface area is 146 Å². The molecule has 0 aliphatic carbocycles. The van der Waals surface area contributed by atoms with Gasteiger partial charge in [-0.25, -0.2) is 0 Å². The van der Waals surface area contributed by atoms with Crippen LogP contribution in [0, 0.1) is 33.6 Å². The second kappa shape index (κ2) is 6.51. The first-order valence-electron chi connectivity index (χ1n) is 9.12. The molecular weight excluding hydrogens is 292 g/mol. The number of benzene rings is 2. The van der Waals surface area contributed by atoms with E-state index in [1.165, 1.54) is 45.6 Å². The summed E-state index contributed by atoms with van der Waals surface area (Å²) in [4.78, 5) is 0. The van der Waals surface area contributed by atoms with E-state index in [0.29, 0.717) is 11.8 Å². The molecule has 1 aliphatic rings. The molecule has 24 heavy (non-hydrogen) atoms. The van der Waals surface area contributed by atoms with E-state index in [0.717, 1.165) is 0 Å². The summed E-state index contributed by atoms with van der Waals surface area (Å²) in [5.41, 5.74) is 9.40. The normalized spacial score (nSPS) is 22.7. The second-order valence-corrected chi connectivity index (χ2v) is 7.46. The van der Waals surface area contributed by atoms with Crippen molar-refractivity contribution in [2.24, 2.45) is 5.92 Å². The van der Waals surface area contributed by atoms with Crippen molar-refractivity contribution >= 4 is 11.4 Å². The fourth-order valence-corrected chi connectivity index (χ4v) is 3.85. The van der Waals surface area contributed by atoms with E-state index in [1.54, 1.807) is 0 Å². The molecule has 0 saturated carbocycles. The lowest BCUT2D eigenvalue weighted by Crippen LogP contribution is -2.42. The Balaban J connectivity index is 1.92. The van der Waals surface area contributed by atoms with Gasteiger partial charge in [0, 0.05) is 17.3 Å². The van der Waals surface area contributed by atoms with E-state index >= 15 is 0 Å². The number of hydrogen-bond acceptors (Lipinski definition) is 2. The van der Waals surface area contributed by atoms with Gasteiger partial charge in [0.15, 0.2) is 0 Å². The van der Waals surface area contributed by atoms with Gasteiger partial charge in [-0.15, -0.1) is 0 Å². The van der Waals surface area contributed by atoms with Crippen molar-refractivity contribution in [2.45, 2.75) is 60.0 Å². The Morgan fingerprint density at radius 2 is 1.58 bits per heavy atom. The SMILES string of the molecule is CC[C@@H]1c2cc(C)c(C)cc2N[C@@H](Nc2ccc(C)c(C)c2)[C@H]1C. The van der Waals surface area contributed by atoms with Crippen LogP contribution >= 0.6 is 0 Å². The maximum absolute atomic E-state index is 3.75. The van der Waals surface area contributed by atoms with Gasteiger partial charge in [0.1, 0.15) is 0 Å². The van der Waals surface area contributed by atoms with Gasteiger partial charge in [-0.3, -0.25) is 0 Å². The summed E-state index contributed by atoms with van der Waals surface area (Å²) in [5, 5.41) is 7.48. The molecule has 2 nitrogen and oxygen atoms in total. The molecule has 0 amide bonds. The third-order valence-electron chi connectivity index (χ3n) is 5.81. The van der Waals surface area contributed by atoms with Crippen molar-refractivity contribution in [1.82, 2.24) is 0 Å². The van der Waals surface area contributed by atoms with Crippen molar-refractivity contribution < 1.29 is 0 Å². The van der Waals surface area contributed by atoms with E-state index in [-0.39, 0.29) is 6.17 Å². The van der Waals surface area contributed by atoms with Gasteiger partial charge in [0.05, 0.1) is 6.17 Å². The summed E-state index contributed by atoms with van der Waals surface area (Å²) in [6.45, 7) is 13.4. The maximum atomic E-state index is 3.75. The summed E-state index contributed by atoms with van der Waals surface area (Å²) >= 11 is 0. The molecule has 0 unspecified atom stereocenters. The van der Waals surface area contributed by atoms with Crippen LogP contribution in [0.5, 0.6) is 0 Å². The van der Waals surface area contributed by atoms with Crippen LogP contribution in [0.15, 0.2) is 30.3 Å². The molecule has 2 heteroatoms. The van der Waals surface area contributed by atoms with Gasteiger partial charge in [-0.2, -0.15) is 0 Å². The third kappa shape index (κ3) is 3.02. The molecule has 0 saturated heterocycles. The Kier molecular flexibility index (Phi) is 4.58. The zero-order valence-corrected chi connectivity index (χ0v) is 15.8. The van der Waals surface area contributed by atoms with Crippen LogP contribution in [0.1, 0.15) is 54.0 Å². The molecule has 0 radical (unpaired) electrons. The van der Waals surface area contributed by atoms with Crippen molar-refractivity contribution in [1.29, 1.82) is 0 Å². The number of fused-ring (bicyclic) bond motifs is 1. The number of anilines is 2. The van der Waals surface area contributed by atoms with Crippen LogP contribution in [0.25, 0.3) is 0 Å². The smallest absolute Gasteiger partial charge is 0.0996 e. The molecule has 0 fully saturated rings. The van der Waals surface area contributed by atoms with Crippen molar-refractivity contribution in [3.63, 3.8) is 0 Å². The largest absolute Gasteiger partial charge is 0.365 e. The fraction of sp³-hybridized carbons (Fsp3) is 0.455. The van der Waals surface area contributed by atoms with Gasteiger partial charge in [-0.05, 0) is 86.1 Å². The van der Waals surface area contributed by atoms with Crippen molar-refractivity contribution in [3.8, 4) is 0 Å². The van der Waals surface area contributed by atoms with Gasteiger partial charge in [-0.1, -0.05) is 26.0 Å². The van der Waals surface area contributed by atoms with E-state index in [1.807, 2.05) is 0 Å². The molecule has 2 aromatic carbocycles. The van der Waals surface area contributed by atoms with E-state index in [4.69, 9.17) is 0 Å². The highest BCUT2D eigenvalue weighted by Crippen LogP contribution is 2.41. The highest BCUT2D eigenvalue weighted by atomic mass is 15.1. The molecule has 1 aliphatic heterocycles. The minimum absolute atomic E-state index is 0.256. The summed E-state index contributed by atoms with van der Waals surface area (Å²) in [6.07, 6.45) is 1.43. The standard InChI is InChI=1S/C22H30N2/c1-7-19-17(6)22(23-18-9-8-13(2)14(3)10-18)24-21-12-16(5)15(4)11-20(19)21/h8-12,17,19,22-24H,7H2,1-6H3/t17-,19-,22+/m0/s1. The quantitative estimate of drug-likeness (QED) is 0.733. The lowest BCUT2D eigenvalue weighted by atomic mass is 9.78. The molecule has 3 rings (SSSR count). The molecular formula is C22H30N2. The zero-order valence-electron chi connectivity index (χ0n) is 15.8. The molecule has 128 valence electrons. The molecule has 1 heterocycles. The number of nitrogens with one attached hydrogen (secondary N) is 2. The number of hydrogen-bond donors (Lipinski definition) is 2. The topological polar surface area (TPSA) is 24.1 Å². The Morgan fingerprint density at radius 1 is 0.917 bits per heavy atom. The van der Waals surface area contributed by atoms with E-state index < -0.39 is 0 Å². The average Bonchev–Trinajstić information content (AvgIpc) is 2.54. The van der Waals surface area contributed by atoms with Crippen LogP contribution in [0.2, 0.25) is 0 Å². The summed E-state index contributed by atoms with van der Waals surface area (Å²) in [6, 6.07) is 11.3. The Hall–Kier alpha value is -1.96. The monoisotopic (exact) mass is 322 g/mol. The molecule has 2 N–H and O–H groups in total. The molecule has 2 aromatic rings. The van der Waals surface area contributed by atoms with E-state index in [2.05, 4.69) is 82.5 Å². The second-order valence-electron chi connectivity index (χ2n) is 7.46. The van der Waals surface area contributed by atoms with Crippen LogP contribution in [0.3, 0.4) is 0 Å². The van der Waals surface area contributed by atoms with Gasteiger partial charge in [0.2, 0.25) is 0 Å². The number of rotatable bonds is 3. The molecule has 0 bridgehead atoms. The first-order chi connectivity index (χ1) is 11.4. The third-order valence-corrected chi connectivity index (χ3v) is 5.81. The predicted molar refractivity (Wildman–Crippen MR) is 105 cm³/mol. The first-order valence-corrected chi connectivity index (χ1v) is 9.12. The highest BCUT2D eigenvalue weighted by Gasteiger charge is 2.32. The fourth-order valence-electron chi connectivity index (χ4n) is 3.85. The van der Waals surface area contributed by atoms with E-state index in [9.17, 15) is 0 Å². The van der Waals surface area contributed by atoms with Gasteiger partial charge in [0.25, 0.3) is 0 Å². The van der Waals surface area contributed by atoms with Crippen LogP contribution in [0.4, 0.5) is 11.4 Å². The van der Waals surface area contributed by atoms with Crippen molar-refractivity contribution in [3.05, 3.63) is 58.1 Å². The summed E-state index contributed by atoms with van der Waals surface area (Å²) in [5.74, 6) is 1.12. The minimum atomic E-state index is 0.256. The number of aryl methyl sites for hydroxylation is 4. The zero-order chi connectivity index (χ0) is 17.4. The Bertz CT molecular complexity index is 748. The Morgan fingerprint density at radius 3 is 2.25 bits per heavy atom. The molecule has 0 spiro atoms.